The van der Waals surface area contributed by atoms with Crippen LogP contribution in [0.4, 0.5) is 10.9 Å². The van der Waals surface area contributed by atoms with Gasteiger partial charge in [0, 0.05) is 42.6 Å². The van der Waals surface area contributed by atoms with Crippen molar-refractivity contribution >= 4 is 58.1 Å². The lowest BCUT2D eigenvalue weighted by Crippen LogP contribution is -2.76. The number of carboxylic acid groups (broad SMARTS) is 1. The molecular weight excluding hydrogens is 715 g/mol. The predicted octanol–water partition coefficient (Wildman–Crippen LogP) is 1.39. The van der Waals surface area contributed by atoms with Gasteiger partial charge in [0.2, 0.25) is 0 Å². The lowest BCUT2D eigenvalue weighted by molar-refractivity contribution is -0.690. The molecule has 17 nitrogen and oxygen atoms in total. The predicted molar refractivity (Wildman–Crippen MR) is 193 cm³/mol. The number of carbonyl (C=O) groups excluding carboxylic acids is 2. The van der Waals surface area contributed by atoms with Crippen LogP contribution in [0.15, 0.2) is 47.1 Å². The lowest BCUT2D eigenvalue weighted by Gasteiger charge is -2.50. The number of hydrogen-bond donors (Lipinski definition) is 7. The molecular formula is C33H42N9O8S2+. The molecule has 3 aliphatic rings. The molecule has 19 heteroatoms. The number of ether oxygens (including phenoxy) is 1. The number of nitrogen functional groups attached to an aromatic ring is 1. The van der Waals surface area contributed by atoms with Crippen molar-refractivity contribution < 1.29 is 42.5 Å². The average Bonchev–Trinajstić information content (AvgIpc) is 3.54. The second kappa shape index (κ2) is 15.2. The number of carboxylic acids is 1. The minimum Gasteiger partial charge on any atom is -0.485 e. The van der Waals surface area contributed by atoms with Crippen molar-refractivity contribution in [2.24, 2.45) is 16.8 Å². The second-order valence-electron chi connectivity index (χ2n) is 13.5. The molecule has 1 aromatic carbocycles. The summed E-state index contributed by atoms with van der Waals surface area (Å²) in [5, 5.41) is 26.2. The summed E-state index contributed by atoms with van der Waals surface area (Å²) in [5.41, 5.74) is 11.0. The van der Waals surface area contributed by atoms with Crippen molar-refractivity contribution in [1.29, 1.82) is 0 Å². The number of hydrogen-bond acceptors (Lipinski definition) is 15. The van der Waals surface area contributed by atoms with Crippen LogP contribution >= 0.6 is 23.7 Å². The zero-order valence-corrected chi connectivity index (χ0v) is 30.5. The molecule has 2 unspecified atom stereocenters. The molecule has 52 heavy (non-hydrogen) atoms. The van der Waals surface area contributed by atoms with Crippen LogP contribution < -0.4 is 36.7 Å². The van der Waals surface area contributed by atoms with Gasteiger partial charge in [-0.25, -0.2) is 14.3 Å². The maximum atomic E-state index is 13.5. The molecule has 2 aromatic heterocycles. The van der Waals surface area contributed by atoms with Crippen LogP contribution in [-0.4, -0.2) is 92.7 Å². The Morgan fingerprint density at radius 3 is 2.69 bits per heavy atom. The summed E-state index contributed by atoms with van der Waals surface area (Å²) < 4.78 is 22.4. The summed E-state index contributed by atoms with van der Waals surface area (Å²) >= 11 is 1.04. The van der Waals surface area contributed by atoms with Crippen molar-refractivity contribution in [2.45, 2.75) is 63.4 Å². The Bertz CT molecular complexity index is 1870. The Balaban J connectivity index is 1.21. The first-order valence-electron chi connectivity index (χ1n) is 16.7. The highest BCUT2D eigenvalue weighted by molar-refractivity contribution is 7.88. The summed E-state index contributed by atoms with van der Waals surface area (Å²) in [6.45, 7) is 8.57. The van der Waals surface area contributed by atoms with Crippen LogP contribution in [0.1, 0.15) is 38.4 Å². The monoisotopic (exact) mass is 756 g/mol. The Hall–Kier alpha value is -4.53. The van der Waals surface area contributed by atoms with E-state index in [-0.39, 0.29) is 29.6 Å². The number of pyridine rings is 1. The van der Waals surface area contributed by atoms with E-state index >= 15 is 0 Å². The minimum absolute atomic E-state index is 0.00151. The van der Waals surface area contributed by atoms with E-state index in [0.717, 1.165) is 58.5 Å². The SMILES string of the molecule is CC(O/N=C(\C(=O)NC1C(=O)N(OSO)C1(C)C)c1csc(N)n1)(C(=O)O)[C@H]1CCc2cc(-c3ccc(NCCN)[n+](CC4CNC4)c3)ccc2O1. The average molecular weight is 757 g/mol. The summed E-state index contributed by atoms with van der Waals surface area (Å²) in [6.07, 6.45) is 1.91. The topological polar surface area (TPSA) is 240 Å². The molecule has 5 heterocycles. The van der Waals surface area contributed by atoms with Crippen LogP contribution in [0.3, 0.4) is 0 Å². The fourth-order valence-electron chi connectivity index (χ4n) is 6.27. The summed E-state index contributed by atoms with van der Waals surface area (Å²) in [4.78, 5) is 48.8. The van der Waals surface area contributed by atoms with Crippen molar-refractivity contribution in [3.05, 3.63) is 53.2 Å². The van der Waals surface area contributed by atoms with E-state index in [9.17, 15) is 19.5 Å². The largest absolute Gasteiger partial charge is 0.485 e. The number of fused-ring (bicyclic) bond motifs is 1. The smallest absolute Gasteiger partial charge is 0.354 e. The Morgan fingerprint density at radius 1 is 1.29 bits per heavy atom. The first-order valence-corrected chi connectivity index (χ1v) is 18.3. The van der Waals surface area contributed by atoms with Gasteiger partial charge in [0.15, 0.2) is 29.3 Å². The van der Waals surface area contributed by atoms with Crippen molar-refractivity contribution in [3.63, 3.8) is 0 Å². The summed E-state index contributed by atoms with van der Waals surface area (Å²) in [6, 6.07) is 8.85. The number of nitrogens with zero attached hydrogens (tertiary/aromatic N) is 4. The number of aliphatic carboxylic acids is 1. The highest BCUT2D eigenvalue weighted by Gasteiger charge is 2.57. The third-order valence-electron chi connectivity index (χ3n) is 9.54. The molecule has 9 N–H and O–H groups in total. The number of nitrogens with one attached hydrogen (secondary N) is 3. The van der Waals surface area contributed by atoms with E-state index in [1.54, 1.807) is 13.8 Å². The molecule has 0 spiro atoms. The Labute approximate surface area is 308 Å². The summed E-state index contributed by atoms with van der Waals surface area (Å²) in [5.74, 6) is -0.788. The number of carbonyl (C=O) groups is 3. The molecule has 3 atom stereocenters. The molecule has 2 fully saturated rings. The Kier molecular flexibility index (Phi) is 10.9. The standard InChI is InChI=1S/C33H41N9O8S2/c1-32(2)27(29(44)42(32)50-52-47)39-28(43)26(22-17-51-31(35)38-22)40-49-33(3,30(45)46)24-8-5-20-12-19(4-7-23(20)48-24)21-6-9-25(37-11-10-34)41(16-21)15-18-13-36-14-18/h4,6-7,9,12,16-18,24,27,36H,5,8,10-11,13-15,34H2,1-3H3,(H5,35,38,39,43,45,46,47)/p+1/b40-26-/t24-,27?,33?/m1/s1. The second-order valence-corrected chi connectivity index (χ2v) is 14.7. The first kappa shape index (κ1) is 37.2. The molecule has 3 aromatic rings. The highest BCUT2D eigenvalue weighted by Crippen LogP contribution is 2.37. The molecule has 0 radical (unpaired) electrons. The molecule has 278 valence electrons. The van der Waals surface area contributed by atoms with E-state index < -0.39 is 46.8 Å². The van der Waals surface area contributed by atoms with Crippen LogP contribution in [0.2, 0.25) is 0 Å². The molecule has 0 bridgehead atoms. The number of thiazole rings is 1. The van der Waals surface area contributed by atoms with Gasteiger partial charge in [0.05, 0.1) is 24.8 Å². The quantitative estimate of drug-likeness (QED) is 0.0382. The molecule has 6 rings (SSSR count). The maximum absolute atomic E-state index is 13.5. The fourth-order valence-corrected chi connectivity index (χ4v) is 7.15. The van der Waals surface area contributed by atoms with Gasteiger partial charge in [-0.3, -0.25) is 14.9 Å². The van der Waals surface area contributed by atoms with Crippen molar-refractivity contribution in [3.8, 4) is 16.9 Å². The molecule has 0 aliphatic carbocycles. The number of oxime groups is 1. The molecule has 2 amide bonds. The number of amides is 2. The summed E-state index contributed by atoms with van der Waals surface area (Å²) in [7, 11) is 0. The lowest BCUT2D eigenvalue weighted by atomic mass is 9.84. The van der Waals surface area contributed by atoms with Gasteiger partial charge in [0.1, 0.15) is 17.5 Å². The molecule has 3 aliphatic heterocycles. The van der Waals surface area contributed by atoms with Gasteiger partial charge in [0.25, 0.3) is 23.2 Å². The van der Waals surface area contributed by atoms with Crippen LogP contribution in [0.5, 0.6) is 5.75 Å². The van der Waals surface area contributed by atoms with Crippen LogP contribution in [-0.2, 0) is 36.5 Å². The first-order chi connectivity index (χ1) is 24.8. The van der Waals surface area contributed by atoms with Gasteiger partial charge in [-0.15, -0.1) is 11.3 Å². The van der Waals surface area contributed by atoms with Gasteiger partial charge in [-0.2, -0.15) is 9.35 Å². The third kappa shape index (κ3) is 7.37. The highest BCUT2D eigenvalue weighted by atomic mass is 32.2. The van der Waals surface area contributed by atoms with E-state index in [4.69, 9.17) is 29.9 Å². The van der Waals surface area contributed by atoms with Gasteiger partial charge < -0.3 is 41.3 Å². The molecule has 0 saturated carbocycles. The zero-order chi connectivity index (χ0) is 37.2. The number of rotatable bonds is 15. The van der Waals surface area contributed by atoms with Crippen molar-refractivity contribution in [1.82, 2.24) is 20.7 Å². The van der Waals surface area contributed by atoms with Crippen LogP contribution in [0.25, 0.3) is 11.1 Å². The van der Waals surface area contributed by atoms with E-state index in [2.05, 4.69) is 49.0 Å². The zero-order valence-electron chi connectivity index (χ0n) is 28.8. The third-order valence-corrected chi connectivity index (χ3v) is 10.4. The normalized spacial score (nSPS) is 20.8. The van der Waals surface area contributed by atoms with E-state index in [1.807, 2.05) is 18.2 Å². The van der Waals surface area contributed by atoms with E-state index in [0.29, 0.717) is 31.2 Å². The number of anilines is 2. The number of aryl methyl sites for hydroxylation is 1. The number of β-lactam (4-membered cyclic amide) rings is 1. The Morgan fingerprint density at radius 2 is 2.06 bits per heavy atom. The maximum Gasteiger partial charge on any atom is 0.354 e. The fraction of sp³-hybridized carbons (Fsp3) is 0.455. The number of hydroxylamine groups is 2. The van der Waals surface area contributed by atoms with Crippen LogP contribution in [0, 0.1) is 5.92 Å². The van der Waals surface area contributed by atoms with Crippen molar-refractivity contribution in [2.75, 3.05) is 37.2 Å². The number of nitrogens with two attached hydrogens (primary N) is 2. The molecule has 2 saturated heterocycles. The minimum atomic E-state index is -2.04. The van der Waals surface area contributed by atoms with Gasteiger partial charge in [-0.05, 0) is 62.9 Å². The van der Waals surface area contributed by atoms with Gasteiger partial charge >= 0.3 is 5.97 Å². The van der Waals surface area contributed by atoms with Gasteiger partial charge in [-0.1, -0.05) is 11.2 Å². The van der Waals surface area contributed by atoms with E-state index in [1.165, 1.54) is 12.3 Å². The number of benzene rings is 1. The number of aromatic nitrogens is 2.